The molecule has 3 unspecified atom stereocenters. The van der Waals surface area contributed by atoms with Crippen LogP contribution in [0.3, 0.4) is 0 Å². The summed E-state index contributed by atoms with van der Waals surface area (Å²) in [5.74, 6) is 1.04. The summed E-state index contributed by atoms with van der Waals surface area (Å²) in [6, 6.07) is 2.11. The molecule has 0 aromatic carbocycles. The van der Waals surface area contributed by atoms with Crippen molar-refractivity contribution in [2.45, 2.75) is 39.2 Å². The quantitative estimate of drug-likeness (QED) is 0.819. The normalized spacial score (nSPS) is 26.7. The van der Waals surface area contributed by atoms with E-state index in [0.717, 1.165) is 23.7 Å². The maximum Gasteiger partial charge on any atom is 0.0619 e. The Bertz CT molecular complexity index is 410. The van der Waals surface area contributed by atoms with Crippen molar-refractivity contribution >= 4 is 27.3 Å². The van der Waals surface area contributed by atoms with Crippen LogP contribution in [-0.2, 0) is 6.42 Å². The molecule has 0 radical (unpaired) electrons. The second kappa shape index (κ2) is 5.68. The van der Waals surface area contributed by atoms with E-state index in [1.807, 2.05) is 0 Å². The minimum absolute atomic E-state index is 0.202. The van der Waals surface area contributed by atoms with Crippen molar-refractivity contribution in [2.75, 3.05) is 0 Å². The van der Waals surface area contributed by atoms with Gasteiger partial charge in [-0.25, -0.2) is 0 Å². The third-order valence-electron chi connectivity index (χ3n) is 3.40. The highest BCUT2D eigenvalue weighted by Crippen LogP contribution is 2.32. The number of allylic oxidation sites excluding steroid dienone is 2. The molecular formula is C14H19BrOS. The minimum atomic E-state index is -0.202. The molecule has 0 saturated heterocycles. The molecule has 1 heterocycles. The van der Waals surface area contributed by atoms with Gasteiger partial charge in [-0.15, -0.1) is 11.3 Å². The molecule has 1 aliphatic rings. The maximum absolute atomic E-state index is 10.3. The lowest BCUT2D eigenvalue weighted by Crippen LogP contribution is -2.26. The topological polar surface area (TPSA) is 20.2 Å². The van der Waals surface area contributed by atoms with Crippen LogP contribution >= 0.6 is 27.3 Å². The Morgan fingerprint density at radius 2 is 2.35 bits per heavy atom. The van der Waals surface area contributed by atoms with Gasteiger partial charge in [-0.05, 0) is 53.6 Å². The van der Waals surface area contributed by atoms with Crippen LogP contribution in [0.5, 0.6) is 0 Å². The highest BCUT2D eigenvalue weighted by molar-refractivity contribution is 9.10. The molecular weight excluding hydrogens is 296 g/mol. The van der Waals surface area contributed by atoms with Crippen molar-refractivity contribution in [3.05, 3.63) is 32.4 Å². The van der Waals surface area contributed by atoms with Gasteiger partial charge in [0.1, 0.15) is 0 Å². The molecule has 1 aromatic heterocycles. The first kappa shape index (κ1) is 13.3. The van der Waals surface area contributed by atoms with Gasteiger partial charge in [0.25, 0.3) is 0 Å². The van der Waals surface area contributed by atoms with E-state index in [2.05, 4.69) is 47.3 Å². The fourth-order valence-corrected chi connectivity index (χ4v) is 4.23. The van der Waals surface area contributed by atoms with Gasteiger partial charge >= 0.3 is 0 Å². The van der Waals surface area contributed by atoms with Crippen LogP contribution in [0, 0.1) is 11.8 Å². The first-order valence-corrected chi connectivity index (χ1v) is 7.80. The number of aliphatic hydroxyl groups excluding tert-OH is 1. The van der Waals surface area contributed by atoms with Gasteiger partial charge in [-0.1, -0.05) is 18.6 Å². The van der Waals surface area contributed by atoms with Crippen LogP contribution in [0.1, 0.15) is 31.6 Å². The van der Waals surface area contributed by atoms with E-state index >= 15 is 0 Å². The Labute approximate surface area is 116 Å². The average Bonchev–Trinajstić information content (AvgIpc) is 2.62. The number of aliphatic hydroxyl groups is 1. The third-order valence-corrected chi connectivity index (χ3v) is 5.12. The lowest BCUT2D eigenvalue weighted by molar-refractivity contribution is 0.0939. The van der Waals surface area contributed by atoms with E-state index in [1.165, 1.54) is 10.5 Å². The maximum atomic E-state index is 10.3. The van der Waals surface area contributed by atoms with Crippen molar-refractivity contribution in [1.29, 1.82) is 0 Å². The van der Waals surface area contributed by atoms with E-state index in [0.29, 0.717) is 11.8 Å². The lowest BCUT2D eigenvalue weighted by atomic mass is 9.80. The summed E-state index contributed by atoms with van der Waals surface area (Å²) < 4.78 is 1.12. The van der Waals surface area contributed by atoms with Crippen molar-refractivity contribution in [3.63, 3.8) is 0 Å². The standard InChI is InChI=1S/C14H19BrOS/c1-9-3-10(2)5-11(4-9)14(16)7-13-6-12(15)8-17-13/h3,6,8-9,11,14,16H,4-5,7H2,1-2H3. The van der Waals surface area contributed by atoms with Crippen LogP contribution in [0.2, 0.25) is 0 Å². The number of rotatable bonds is 3. The van der Waals surface area contributed by atoms with Gasteiger partial charge in [0, 0.05) is 21.2 Å². The molecule has 1 N–H and O–H groups in total. The predicted molar refractivity (Wildman–Crippen MR) is 77.4 cm³/mol. The van der Waals surface area contributed by atoms with Crippen LogP contribution in [0.25, 0.3) is 0 Å². The van der Waals surface area contributed by atoms with Crippen molar-refractivity contribution in [1.82, 2.24) is 0 Å². The van der Waals surface area contributed by atoms with Gasteiger partial charge in [0.05, 0.1) is 6.10 Å². The lowest BCUT2D eigenvalue weighted by Gasteiger charge is -2.29. The molecule has 0 saturated carbocycles. The van der Waals surface area contributed by atoms with Crippen LogP contribution in [0.4, 0.5) is 0 Å². The van der Waals surface area contributed by atoms with Crippen LogP contribution in [0.15, 0.2) is 27.6 Å². The number of thiophene rings is 1. The average molecular weight is 315 g/mol. The van der Waals surface area contributed by atoms with Crippen molar-refractivity contribution in [3.8, 4) is 0 Å². The van der Waals surface area contributed by atoms with E-state index in [-0.39, 0.29) is 6.10 Å². The molecule has 17 heavy (non-hydrogen) atoms. The van der Waals surface area contributed by atoms with Gasteiger partial charge in [0.2, 0.25) is 0 Å². The summed E-state index contributed by atoms with van der Waals surface area (Å²) in [5.41, 5.74) is 1.43. The third kappa shape index (κ3) is 3.67. The SMILES string of the molecule is CC1=CC(C)CC(C(O)Cc2cc(Br)cs2)C1. The Hall–Kier alpha value is -0.120. The first-order chi connectivity index (χ1) is 8.04. The predicted octanol–water partition coefficient (Wildman–Crippen LogP) is 4.41. The van der Waals surface area contributed by atoms with Gasteiger partial charge < -0.3 is 5.11 Å². The molecule has 3 atom stereocenters. The molecule has 0 aliphatic heterocycles. The van der Waals surface area contributed by atoms with E-state index in [1.54, 1.807) is 11.3 Å². The molecule has 3 heteroatoms. The van der Waals surface area contributed by atoms with Crippen molar-refractivity contribution in [2.24, 2.45) is 11.8 Å². The smallest absolute Gasteiger partial charge is 0.0619 e. The molecule has 2 rings (SSSR count). The fourth-order valence-electron chi connectivity index (χ4n) is 2.72. The number of halogens is 1. The minimum Gasteiger partial charge on any atom is -0.392 e. The Kier molecular flexibility index (Phi) is 4.45. The Morgan fingerprint density at radius 3 is 2.94 bits per heavy atom. The Balaban J connectivity index is 1.96. The second-order valence-corrected chi connectivity index (χ2v) is 7.10. The van der Waals surface area contributed by atoms with Crippen LogP contribution < -0.4 is 0 Å². The van der Waals surface area contributed by atoms with Gasteiger partial charge in [0.15, 0.2) is 0 Å². The molecule has 0 bridgehead atoms. The zero-order valence-corrected chi connectivity index (χ0v) is 12.7. The summed E-state index contributed by atoms with van der Waals surface area (Å²) in [6.45, 7) is 4.42. The second-order valence-electron chi connectivity index (χ2n) is 5.19. The van der Waals surface area contributed by atoms with E-state index in [9.17, 15) is 5.11 Å². The summed E-state index contributed by atoms with van der Waals surface area (Å²) in [7, 11) is 0. The molecule has 1 aliphatic carbocycles. The summed E-state index contributed by atoms with van der Waals surface area (Å²) in [5, 5.41) is 12.4. The van der Waals surface area contributed by atoms with Gasteiger partial charge in [-0.3, -0.25) is 0 Å². The zero-order valence-electron chi connectivity index (χ0n) is 10.3. The van der Waals surface area contributed by atoms with E-state index < -0.39 is 0 Å². The monoisotopic (exact) mass is 314 g/mol. The van der Waals surface area contributed by atoms with Gasteiger partial charge in [-0.2, -0.15) is 0 Å². The highest BCUT2D eigenvalue weighted by atomic mass is 79.9. The molecule has 1 aromatic rings. The zero-order chi connectivity index (χ0) is 12.4. The fraction of sp³-hybridized carbons (Fsp3) is 0.571. The Morgan fingerprint density at radius 1 is 1.59 bits per heavy atom. The highest BCUT2D eigenvalue weighted by Gasteiger charge is 2.25. The molecule has 0 spiro atoms. The summed E-state index contributed by atoms with van der Waals surface area (Å²) in [6.07, 6.45) is 5.10. The largest absolute Gasteiger partial charge is 0.392 e. The van der Waals surface area contributed by atoms with Crippen molar-refractivity contribution < 1.29 is 5.11 Å². The van der Waals surface area contributed by atoms with Crippen LogP contribution in [-0.4, -0.2) is 11.2 Å². The summed E-state index contributed by atoms with van der Waals surface area (Å²) in [4.78, 5) is 1.27. The van der Waals surface area contributed by atoms with E-state index in [4.69, 9.17) is 0 Å². The number of hydrogen-bond donors (Lipinski definition) is 1. The molecule has 1 nitrogen and oxygen atoms in total. The first-order valence-electron chi connectivity index (χ1n) is 6.13. The number of hydrogen-bond acceptors (Lipinski definition) is 2. The molecule has 0 fully saturated rings. The molecule has 0 amide bonds. The summed E-state index contributed by atoms with van der Waals surface area (Å²) >= 11 is 5.18. The molecule has 94 valence electrons.